The topological polar surface area (TPSA) is 107 Å². The summed E-state index contributed by atoms with van der Waals surface area (Å²) in [6.07, 6.45) is 0. The Labute approximate surface area is 161 Å². The number of carbonyl (C=O) groups is 1. The van der Waals surface area contributed by atoms with Crippen molar-refractivity contribution in [3.05, 3.63) is 59.8 Å². The molecule has 0 spiro atoms. The number of carbonyl (C=O) groups excluding carboxylic acids is 1. The minimum atomic E-state index is -0.691. The van der Waals surface area contributed by atoms with Crippen LogP contribution >= 0.6 is 0 Å². The van der Waals surface area contributed by atoms with E-state index < -0.39 is 5.97 Å². The zero-order valence-corrected chi connectivity index (χ0v) is 15.2. The Bertz CT molecular complexity index is 1030. The van der Waals surface area contributed by atoms with Crippen molar-refractivity contribution in [1.29, 1.82) is 5.26 Å². The molecule has 1 aromatic heterocycles. The van der Waals surface area contributed by atoms with E-state index in [0.717, 1.165) is 0 Å². The van der Waals surface area contributed by atoms with E-state index in [9.17, 15) is 4.79 Å². The van der Waals surface area contributed by atoms with Gasteiger partial charge in [-0.1, -0.05) is 12.1 Å². The second kappa shape index (κ2) is 8.60. The fourth-order valence-electron chi connectivity index (χ4n) is 2.30. The molecule has 140 valence electrons. The van der Waals surface area contributed by atoms with Crippen LogP contribution in [0.4, 0.5) is 0 Å². The van der Waals surface area contributed by atoms with Gasteiger partial charge in [0.1, 0.15) is 11.5 Å². The number of hydrogen-bond acceptors (Lipinski definition) is 8. The number of hydrogen-bond donors (Lipinski definition) is 0. The summed E-state index contributed by atoms with van der Waals surface area (Å²) in [7, 11) is 1.56. The van der Waals surface area contributed by atoms with Crippen molar-refractivity contribution in [1.82, 2.24) is 15.2 Å². The van der Waals surface area contributed by atoms with Crippen molar-refractivity contribution in [2.24, 2.45) is 0 Å². The number of aromatic nitrogens is 3. The van der Waals surface area contributed by atoms with Gasteiger partial charge in [-0.05, 0) is 43.3 Å². The molecule has 28 heavy (non-hydrogen) atoms. The third-order valence-corrected chi connectivity index (χ3v) is 3.65. The number of methoxy groups -OCH3 is 1. The van der Waals surface area contributed by atoms with Gasteiger partial charge in [0, 0.05) is 5.56 Å². The summed E-state index contributed by atoms with van der Waals surface area (Å²) in [5.41, 5.74) is 0.987. The fourth-order valence-corrected chi connectivity index (χ4v) is 2.30. The maximum Gasteiger partial charge on any atom is 0.364 e. The van der Waals surface area contributed by atoms with Crippen LogP contribution in [0.15, 0.2) is 48.5 Å². The molecule has 1 heterocycles. The van der Waals surface area contributed by atoms with Gasteiger partial charge < -0.3 is 14.2 Å². The van der Waals surface area contributed by atoms with Crippen LogP contribution in [0, 0.1) is 11.3 Å². The molecule has 0 aliphatic heterocycles. The summed E-state index contributed by atoms with van der Waals surface area (Å²) in [5.74, 6) is 0.543. The standard InChI is InChI=1S/C20H16N4O4/c1-3-27-20(25)17-19(28-15-9-7-13(12-21)8-10-15)22-18(24-23-17)14-5-4-6-16(11-14)26-2/h4-11H,3H2,1-2H3. The SMILES string of the molecule is CCOC(=O)c1nnc(-c2cccc(OC)c2)nc1Oc1ccc(C#N)cc1. The first-order chi connectivity index (χ1) is 13.6. The monoisotopic (exact) mass is 376 g/mol. The highest BCUT2D eigenvalue weighted by atomic mass is 16.5. The van der Waals surface area contributed by atoms with Crippen molar-refractivity contribution in [3.8, 4) is 34.8 Å². The molecule has 0 bridgehead atoms. The quantitative estimate of drug-likeness (QED) is 0.603. The second-order valence-electron chi connectivity index (χ2n) is 5.48. The van der Waals surface area contributed by atoms with Crippen LogP contribution in [0.25, 0.3) is 11.4 Å². The second-order valence-corrected chi connectivity index (χ2v) is 5.48. The predicted octanol–water partition coefficient (Wildman–Crippen LogP) is 3.39. The van der Waals surface area contributed by atoms with Crippen LogP contribution < -0.4 is 9.47 Å². The normalized spacial score (nSPS) is 10.0. The van der Waals surface area contributed by atoms with Gasteiger partial charge in [0.25, 0.3) is 5.88 Å². The highest BCUT2D eigenvalue weighted by molar-refractivity contribution is 5.89. The van der Waals surface area contributed by atoms with Crippen molar-refractivity contribution in [3.63, 3.8) is 0 Å². The summed E-state index contributed by atoms with van der Waals surface area (Å²) in [4.78, 5) is 16.5. The van der Waals surface area contributed by atoms with E-state index in [1.54, 1.807) is 62.6 Å². The summed E-state index contributed by atoms with van der Waals surface area (Å²) in [6.45, 7) is 1.86. The molecule has 0 amide bonds. The minimum Gasteiger partial charge on any atom is -0.497 e. The van der Waals surface area contributed by atoms with E-state index in [2.05, 4.69) is 15.2 Å². The summed E-state index contributed by atoms with van der Waals surface area (Å²) >= 11 is 0. The molecule has 8 heteroatoms. The van der Waals surface area contributed by atoms with Gasteiger partial charge in [-0.3, -0.25) is 0 Å². The summed E-state index contributed by atoms with van der Waals surface area (Å²) < 4.78 is 16.0. The number of rotatable bonds is 6. The van der Waals surface area contributed by atoms with E-state index in [4.69, 9.17) is 19.5 Å². The maximum absolute atomic E-state index is 12.2. The van der Waals surface area contributed by atoms with Crippen molar-refractivity contribution in [2.75, 3.05) is 13.7 Å². The Morgan fingerprint density at radius 3 is 2.57 bits per heavy atom. The lowest BCUT2D eigenvalue weighted by atomic mass is 10.2. The van der Waals surface area contributed by atoms with Crippen LogP contribution in [0.2, 0.25) is 0 Å². The lowest BCUT2D eigenvalue weighted by molar-refractivity contribution is 0.0514. The Morgan fingerprint density at radius 2 is 1.89 bits per heavy atom. The van der Waals surface area contributed by atoms with Crippen molar-refractivity contribution < 1.29 is 19.0 Å². The molecule has 0 atom stereocenters. The number of nitrogens with zero attached hydrogens (tertiary/aromatic N) is 4. The lowest BCUT2D eigenvalue weighted by Gasteiger charge is -2.10. The van der Waals surface area contributed by atoms with Crippen LogP contribution in [0.1, 0.15) is 23.0 Å². The van der Waals surface area contributed by atoms with Crippen molar-refractivity contribution >= 4 is 5.97 Å². The lowest BCUT2D eigenvalue weighted by Crippen LogP contribution is -2.12. The van der Waals surface area contributed by atoms with E-state index in [-0.39, 0.29) is 24.0 Å². The van der Waals surface area contributed by atoms with Crippen LogP contribution in [-0.2, 0) is 4.74 Å². The van der Waals surface area contributed by atoms with E-state index in [1.807, 2.05) is 6.07 Å². The first-order valence-electron chi connectivity index (χ1n) is 8.39. The van der Waals surface area contributed by atoms with Gasteiger partial charge >= 0.3 is 5.97 Å². The molecule has 0 N–H and O–H groups in total. The maximum atomic E-state index is 12.2. The van der Waals surface area contributed by atoms with Crippen LogP contribution in [0.5, 0.6) is 17.4 Å². The van der Waals surface area contributed by atoms with E-state index in [1.165, 1.54) is 0 Å². The Morgan fingerprint density at radius 1 is 1.11 bits per heavy atom. The average Bonchev–Trinajstić information content (AvgIpc) is 2.74. The zero-order chi connectivity index (χ0) is 19.9. The summed E-state index contributed by atoms with van der Waals surface area (Å²) in [5, 5.41) is 16.9. The summed E-state index contributed by atoms with van der Waals surface area (Å²) in [6, 6.07) is 15.5. The molecule has 0 radical (unpaired) electrons. The van der Waals surface area contributed by atoms with Gasteiger partial charge in [-0.15, -0.1) is 10.2 Å². The Balaban J connectivity index is 2.01. The molecular formula is C20H16N4O4. The fraction of sp³-hybridized carbons (Fsp3) is 0.150. The highest BCUT2D eigenvalue weighted by Gasteiger charge is 2.21. The molecule has 8 nitrogen and oxygen atoms in total. The van der Waals surface area contributed by atoms with Gasteiger partial charge in [0.05, 0.1) is 25.3 Å². The number of esters is 1. The molecule has 2 aromatic carbocycles. The van der Waals surface area contributed by atoms with Gasteiger partial charge in [-0.25, -0.2) is 4.79 Å². The van der Waals surface area contributed by atoms with E-state index >= 15 is 0 Å². The smallest absolute Gasteiger partial charge is 0.364 e. The molecule has 3 aromatic rings. The predicted molar refractivity (Wildman–Crippen MR) is 99.0 cm³/mol. The zero-order valence-electron chi connectivity index (χ0n) is 15.2. The molecule has 3 rings (SSSR count). The Kier molecular flexibility index (Phi) is 5.77. The Hall–Kier alpha value is -3.99. The minimum absolute atomic E-state index is 0.0454. The van der Waals surface area contributed by atoms with Crippen LogP contribution in [0.3, 0.4) is 0 Å². The molecule has 0 aliphatic rings. The third-order valence-electron chi connectivity index (χ3n) is 3.65. The highest BCUT2D eigenvalue weighted by Crippen LogP contribution is 2.27. The number of benzene rings is 2. The van der Waals surface area contributed by atoms with Gasteiger partial charge in [0.2, 0.25) is 5.69 Å². The largest absolute Gasteiger partial charge is 0.497 e. The van der Waals surface area contributed by atoms with Crippen LogP contribution in [-0.4, -0.2) is 34.9 Å². The molecule has 0 aliphatic carbocycles. The average molecular weight is 376 g/mol. The van der Waals surface area contributed by atoms with Gasteiger partial charge in [-0.2, -0.15) is 10.2 Å². The van der Waals surface area contributed by atoms with E-state index in [0.29, 0.717) is 22.6 Å². The molecule has 0 saturated carbocycles. The van der Waals surface area contributed by atoms with Crippen molar-refractivity contribution in [2.45, 2.75) is 6.92 Å². The molecule has 0 unspecified atom stereocenters. The third kappa shape index (κ3) is 4.22. The molecule has 0 fully saturated rings. The first-order valence-corrected chi connectivity index (χ1v) is 8.39. The molecule has 0 saturated heterocycles. The van der Waals surface area contributed by atoms with Gasteiger partial charge in [0.15, 0.2) is 5.82 Å². The molecular weight excluding hydrogens is 360 g/mol. The number of ether oxygens (including phenoxy) is 3. The number of nitriles is 1. The first kappa shape index (κ1) is 18.8.